The highest BCUT2D eigenvalue weighted by Gasteiger charge is 1.91. The summed E-state index contributed by atoms with van der Waals surface area (Å²) in [4.78, 5) is 16.8. The Morgan fingerprint density at radius 1 is 1.57 bits per heavy atom. The van der Waals surface area contributed by atoms with Gasteiger partial charge in [0.25, 0.3) is 0 Å². The molecule has 6 heteroatoms. The highest BCUT2D eigenvalue weighted by molar-refractivity contribution is 5.30. The molecule has 0 saturated heterocycles. The third-order valence-corrected chi connectivity index (χ3v) is 1.47. The van der Waals surface area contributed by atoms with Crippen molar-refractivity contribution in [1.29, 1.82) is 0 Å². The van der Waals surface area contributed by atoms with Gasteiger partial charge >= 0.3 is 5.69 Å². The molecule has 0 aliphatic heterocycles. The van der Waals surface area contributed by atoms with Crippen molar-refractivity contribution in [1.82, 2.24) is 9.97 Å². The number of H-pyrrole nitrogens is 1. The predicted molar refractivity (Wildman–Crippen MR) is 51.2 cm³/mol. The van der Waals surface area contributed by atoms with Crippen molar-refractivity contribution in [3.63, 3.8) is 0 Å². The van der Waals surface area contributed by atoms with Crippen LogP contribution in [0.2, 0.25) is 0 Å². The molecule has 78 valence electrons. The van der Waals surface area contributed by atoms with E-state index >= 15 is 0 Å². The first kappa shape index (κ1) is 10.7. The molecule has 2 N–H and O–H groups in total. The third-order valence-electron chi connectivity index (χ3n) is 1.47. The molecule has 0 radical (unpaired) electrons. The Morgan fingerprint density at radius 2 is 2.43 bits per heavy atom. The summed E-state index contributed by atoms with van der Waals surface area (Å²) in [5.74, 6) is 0.586. The normalized spacial score (nSPS) is 10.1. The minimum Gasteiger partial charge on any atom is -0.382 e. The maximum atomic E-state index is 10.8. The molecular weight excluding hydrogens is 186 g/mol. The highest BCUT2D eigenvalue weighted by Crippen LogP contribution is 1.94. The number of rotatable bonds is 6. The fourth-order valence-corrected chi connectivity index (χ4v) is 0.815. The second-order valence-electron chi connectivity index (χ2n) is 2.51. The number of nitrogens with zero attached hydrogens (tertiary/aromatic N) is 1. The Bertz CT molecular complexity index is 313. The molecule has 0 atom stereocenters. The quantitative estimate of drug-likeness (QED) is 0.490. The molecule has 0 saturated carbocycles. The van der Waals surface area contributed by atoms with Crippen LogP contribution in [0.25, 0.3) is 0 Å². The van der Waals surface area contributed by atoms with Gasteiger partial charge < -0.3 is 14.8 Å². The molecule has 0 fully saturated rings. The fourth-order valence-electron chi connectivity index (χ4n) is 0.815. The Hall–Kier alpha value is -1.40. The van der Waals surface area contributed by atoms with Crippen molar-refractivity contribution < 1.29 is 9.47 Å². The van der Waals surface area contributed by atoms with Gasteiger partial charge in [-0.25, -0.2) is 9.78 Å². The van der Waals surface area contributed by atoms with Crippen LogP contribution in [0.3, 0.4) is 0 Å². The minimum atomic E-state index is -0.383. The van der Waals surface area contributed by atoms with Gasteiger partial charge in [0.15, 0.2) is 0 Å². The third kappa shape index (κ3) is 4.01. The van der Waals surface area contributed by atoms with E-state index in [1.54, 1.807) is 13.2 Å². The zero-order valence-electron chi connectivity index (χ0n) is 7.95. The van der Waals surface area contributed by atoms with E-state index in [4.69, 9.17) is 9.47 Å². The topological polar surface area (TPSA) is 76.2 Å². The SMILES string of the molecule is COCCOCNc1ccnc(=O)[nH]1. The molecule has 1 aromatic rings. The molecule has 1 aromatic heterocycles. The van der Waals surface area contributed by atoms with Crippen LogP contribution < -0.4 is 11.0 Å². The van der Waals surface area contributed by atoms with Gasteiger partial charge in [-0.05, 0) is 6.07 Å². The summed E-state index contributed by atoms with van der Waals surface area (Å²) in [7, 11) is 1.61. The van der Waals surface area contributed by atoms with Crippen molar-refractivity contribution >= 4 is 5.82 Å². The molecule has 0 aliphatic carbocycles. The first-order valence-corrected chi connectivity index (χ1v) is 4.19. The van der Waals surface area contributed by atoms with Crippen LogP contribution in [0.4, 0.5) is 5.82 Å². The average molecular weight is 199 g/mol. The molecule has 0 aliphatic rings. The van der Waals surface area contributed by atoms with Crippen molar-refractivity contribution in [2.24, 2.45) is 0 Å². The summed E-state index contributed by atoms with van der Waals surface area (Å²) in [6.45, 7) is 1.39. The van der Waals surface area contributed by atoms with Crippen LogP contribution in [0.1, 0.15) is 0 Å². The lowest BCUT2D eigenvalue weighted by Crippen LogP contribution is -2.15. The average Bonchev–Trinajstić information content (AvgIpc) is 2.18. The molecule has 0 spiro atoms. The summed E-state index contributed by atoms with van der Waals surface area (Å²) in [5.41, 5.74) is -0.383. The maximum absolute atomic E-state index is 10.8. The van der Waals surface area contributed by atoms with Crippen LogP contribution in [0.5, 0.6) is 0 Å². The van der Waals surface area contributed by atoms with Gasteiger partial charge in [0, 0.05) is 13.3 Å². The molecule has 14 heavy (non-hydrogen) atoms. The molecular formula is C8H13N3O3. The van der Waals surface area contributed by atoms with Gasteiger partial charge in [-0.1, -0.05) is 0 Å². The Morgan fingerprint density at radius 3 is 3.14 bits per heavy atom. The number of aromatic nitrogens is 2. The van der Waals surface area contributed by atoms with E-state index in [0.717, 1.165) is 0 Å². The number of hydrogen-bond donors (Lipinski definition) is 2. The molecule has 0 aromatic carbocycles. The summed E-state index contributed by atoms with van der Waals surface area (Å²) in [6, 6.07) is 1.65. The van der Waals surface area contributed by atoms with Crippen molar-refractivity contribution in [3.05, 3.63) is 22.7 Å². The second kappa shape index (κ2) is 6.11. The van der Waals surface area contributed by atoms with Crippen molar-refractivity contribution in [2.45, 2.75) is 0 Å². The maximum Gasteiger partial charge on any atom is 0.346 e. The Labute approximate surface area is 81.3 Å². The summed E-state index contributed by atoms with van der Waals surface area (Å²) >= 11 is 0. The molecule has 1 rings (SSSR count). The summed E-state index contributed by atoms with van der Waals surface area (Å²) < 4.78 is 9.93. The largest absolute Gasteiger partial charge is 0.382 e. The van der Waals surface area contributed by atoms with E-state index in [2.05, 4.69) is 15.3 Å². The van der Waals surface area contributed by atoms with Crippen molar-refractivity contribution in [2.75, 3.05) is 32.4 Å². The van der Waals surface area contributed by atoms with Crippen LogP contribution in [0.15, 0.2) is 17.1 Å². The van der Waals surface area contributed by atoms with E-state index in [1.807, 2.05) is 0 Å². The number of hydrogen-bond acceptors (Lipinski definition) is 5. The lowest BCUT2D eigenvalue weighted by molar-refractivity contribution is 0.0801. The monoisotopic (exact) mass is 199 g/mol. The molecule has 0 bridgehead atoms. The number of ether oxygens (including phenoxy) is 2. The first-order valence-electron chi connectivity index (χ1n) is 4.19. The van der Waals surface area contributed by atoms with Crippen LogP contribution >= 0.6 is 0 Å². The highest BCUT2D eigenvalue weighted by atomic mass is 16.5. The molecule has 6 nitrogen and oxygen atoms in total. The number of aromatic amines is 1. The van der Waals surface area contributed by atoms with Gasteiger partial charge in [0.05, 0.1) is 13.2 Å². The number of anilines is 1. The van der Waals surface area contributed by atoms with Gasteiger partial charge in [-0.15, -0.1) is 0 Å². The lowest BCUT2D eigenvalue weighted by atomic mass is 10.6. The lowest BCUT2D eigenvalue weighted by Gasteiger charge is -2.05. The van der Waals surface area contributed by atoms with E-state index in [0.29, 0.717) is 25.8 Å². The standard InChI is InChI=1S/C8H13N3O3/c1-13-4-5-14-6-10-7-2-3-9-8(12)11-7/h2-3H,4-6H2,1H3,(H2,9,10,11,12). The van der Waals surface area contributed by atoms with Crippen LogP contribution in [-0.2, 0) is 9.47 Å². The number of methoxy groups -OCH3 is 1. The summed E-state index contributed by atoms with van der Waals surface area (Å²) in [5, 5.41) is 2.87. The molecule has 1 heterocycles. The fraction of sp³-hybridized carbons (Fsp3) is 0.500. The van der Waals surface area contributed by atoms with Gasteiger partial charge in [-0.2, -0.15) is 0 Å². The van der Waals surface area contributed by atoms with Gasteiger partial charge in [0.1, 0.15) is 12.5 Å². The van der Waals surface area contributed by atoms with Crippen molar-refractivity contribution in [3.8, 4) is 0 Å². The van der Waals surface area contributed by atoms with E-state index in [9.17, 15) is 4.79 Å². The van der Waals surface area contributed by atoms with Gasteiger partial charge in [-0.3, -0.25) is 4.98 Å². The van der Waals surface area contributed by atoms with Crippen LogP contribution in [-0.4, -0.2) is 37.0 Å². The zero-order valence-corrected chi connectivity index (χ0v) is 7.95. The smallest absolute Gasteiger partial charge is 0.346 e. The van der Waals surface area contributed by atoms with Crippen LogP contribution in [0, 0.1) is 0 Å². The second-order valence-corrected chi connectivity index (χ2v) is 2.51. The number of nitrogens with one attached hydrogen (secondary N) is 2. The first-order chi connectivity index (χ1) is 6.83. The zero-order chi connectivity index (χ0) is 10.2. The predicted octanol–water partition coefficient (Wildman–Crippen LogP) is -0.198. The Kier molecular flexibility index (Phi) is 4.66. The van der Waals surface area contributed by atoms with E-state index in [-0.39, 0.29) is 5.69 Å². The molecule has 0 amide bonds. The Balaban J connectivity index is 2.21. The summed E-state index contributed by atoms with van der Waals surface area (Å²) in [6.07, 6.45) is 1.43. The van der Waals surface area contributed by atoms with Gasteiger partial charge in [0.2, 0.25) is 0 Å². The molecule has 0 unspecified atom stereocenters. The van der Waals surface area contributed by atoms with E-state index < -0.39 is 0 Å². The minimum absolute atomic E-state index is 0.323. The van der Waals surface area contributed by atoms with E-state index in [1.165, 1.54) is 6.20 Å².